The number of hydrogen-bond acceptors (Lipinski definition) is 6. The Hall–Kier alpha value is -2.95. The Bertz CT molecular complexity index is 1640. The Morgan fingerprint density at radius 1 is 0.838 bits per heavy atom. The molecule has 37 heavy (non-hydrogen) atoms. The van der Waals surface area contributed by atoms with E-state index in [1.54, 1.807) is 50.2 Å². The van der Waals surface area contributed by atoms with Crippen molar-refractivity contribution in [2.75, 3.05) is 0 Å². The van der Waals surface area contributed by atoms with Crippen molar-refractivity contribution >= 4 is 37.3 Å². The third-order valence-corrected chi connectivity index (χ3v) is 11.2. The van der Waals surface area contributed by atoms with Crippen molar-refractivity contribution in [2.24, 2.45) is 25.5 Å². The second kappa shape index (κ2) is 7.55. The Balaban J connectivity index is 1.59. The number of benzene rings is 2. The predicted octanol–water partition coefficient (Wildman–Crippen LogP) is 3.75. The van der Waals surface area contributed by atoms with Gasteiger partial charge in [0.2, 0.25) is 0 Å². The summed E-state index contributed by atoms with van der Waals surface area (Å²) in [5, 5.41) is 0. The molecule has 1 spiro atoms. The molecule has 1 unspecified atom stereocenters. The highest BCUT2D eigenvalue weighted by atomic mass is 32.2. The lowest BCUT2D eigenvalue weighted by atomic mass is 9.52. The van der Waals surface area contributed by atoms with Crippen LogP contribution in [0.25, 0.3) is 0 Å². The molecular weight excluding hydrogens is 512 g/mol. The number of carbonyl (C=O) groups excluding carboxylic acids is 1. The normalized spacial score (nSPS) is 34.1. The van der Waals surface area contributed by atoms with Crippen LogP contribution in [0.15, 0.2) is 90.9 Å². The van der Waals surface area contributed by atoms with E-state index in [9.17, 15) is 21.6 Å². The van der Waals surface area contributed by atoms with Crippen LogP contribution in [-0.2, 0) is 29.6 Å². The summed E-state index contributed by atoms with van der Waals surface area (Å²) in [6.45, 7) is 5.27. The molecule has 2 aromatic rings. The largest absolute Gasteiger partial charge is 0.361 e. The molecule has 2 aromatic carbocycles. The van der Waals surface area contributed by atoms with Gasteiger partial charge in [0.15, 0.2) is 5.78 Å². The van der Waals surface area contributed by atoms with Crippen LogP contribution in [0, 0.1) is 16.7 Å². The molecule has 3 fully saturated rings. The van der Waals surface area contributed by atoms with Gasteiger partial charge in [-0.05, 0) is 62.6 Å². The van der Waals surface area contributed by atoms with Crippen LogP contribution in [0.2, 0.25) is 0 Å². The first-order chi connectivity index (χ1) is 17.4. The van der Waals surface area contributed by atoms with Crippen molar-refractivity contribution in [2.45, 2.75) is 55.1 Å². The molecule has 4 atom stereocenters. The van der Waals surface area contributed by atoms with Crippen LogP contribution >= 0.6 is 0 Å². The van der Waals surface area contributed by atoms with E-state index < -0.39 is 48.5 Å². The Kier molecular flexibility index (Phi) is 4.98. The predicted molar refractivity (Wildman–Crippen MR) is 137 cm³/mol. The van der Waals surface area contributed by atoms with E-state index in [4.69, 9.17) is 4.74 Å². The number of allylic oxidation sites excluding steroid dienone is 2. The summed E-state index contributed by atoms with van der Waals surface area (Å²) in [7, 11) is -8.18. The molecule has 0 aromatic heterocycles. The Morgan fingerprint density at radius 3 is 1.86 bits per heavy atom. The van der Waals surface area contributed by atoms with Gasteiger partial charge in [-0.25, -0.2) is 0 Å². The minimum absolute atomic E-state index is 0.0279. The monoisotopic (exact) mass is 538 g/mol. The van der Waals surface area contributed by atoms with Gasteiger partial charge < -0.3 is 4.74 Å². The number of Topliss-reactive ketones (excluding diaryl/α,β-unsaturated/α-hetero) is 1. The highest BCUT2D eigenvalue weighted by molar-refractivity contribution is 7.90. The van der Waals surface area contributed by atoms with Gasteiger partial charge in [0.05, 0.1) is 37.6 Å². The van der Waals surface area contributed by atoms with E-state index >= 15 is 0 Å². The third-order valence-electron chi connectivity index (χ3n) is 8.57. The minimum atomic E-state index is -4.10. The fraction of sp³-hybridized carbons (Fsp3) is 0.370. The van der Waals surface area contributed by atoms with Gasteiger partial charge in [-0.3, -0.25) is 4.79 Å². The molecule has 2 saturated heterocycles. The number of hydrogen-bond donors (Lipinski definition) is 0. The second-order valence-electron chi connectivity index (χ2n) is 10.6. The van der Waals surface area contributed by atoms with Crippen molar-refractivity contribution < 1.29 is 26.4 Å². The Labute approximate surface area is 216 Å². The molecule has 10 heteroatoms. The van der Waals surface area contributed by atoms with Crippen LogP contribution in [0.5, 0.6) is 0 Å². The Morgan fingerprint density at radius 2 is 1.35 bits per heavy atom. The van der Waals surface area contributed by atoms with E-state index in [-0.39, 0.29) is 27.0 Å². The number of ether oxygens (including phenoxy) is 1. The number of ketones is 1. The summed E-state index contributed by atoms with van der Waals surface area (Å²) in [4.78, 5) is 13.7. The van der Waals surface area contributed by atoms with Gasteiger partial charge in [0.25, 0.3) is 20.0 Å². The minimum Gasteiger partial charge on any atom is -0.361 e. The molecule has 0 amide bonds. The highest BCUT2D eigenvalue weighted by Crippen LogP contribution is 2.74. The first-order valence-electron chi connectivity index (χ1n) is 12.1. The van der Waals surface area contributed by atoms with Crippen LogP contribution in [0.1, 0.15) is 33.6 Å². The number of rotatable bonds is 4. The van der Waals surface area contributed by atoms with Crippen LogP contribution in [0.3, 0.4) is 0 Å². The first-order valence-corrected chi connectivity index (χ1v) is 15.0. The molecule has 2 heterocycles. The lowest BCUT2D eigenvalue weighted by Crippen LogP contribution is -2.60. The van der Waals surface area contributed by atoms with E-state index in [0.29, 0.717) is 18.4 Å². The summed E-state index contributed by atoms with van der Waals surface area (Å²) >= 11 is 0. The molecular formula is C27H26N2O6S2. The fourth-order valence-electron chi connectivity index (χ4n) is 6.53. The van der Waals surface area contributed by atoms with Crippen molar-refractivity contribution in [3.8, 4) is 0 Å². The SMILES string of the molecule is CC1=CC(=N\S(=O)(=O)c2ccccc2)/[C@]2(C)C(/C1=N\S(=O)(=O)c1ccccc1)[C@@]1(C)O[C@@H]2C(=O)C12CC2. The van der Waals surface area contributed by atoms with Gasteiger partial charge in [-0.1, -0.05) is 43.3 Å². The molecule has 192 valence electrons. The fourth-order valence-corrected chi connectivity index (χ4v) is 8.75. The topological polar surface area (TPSA) is 119 Å². The lowest BCUT2D eigenvalue weighted by molar-refractivity contribution is -0.128. The summed E-state index contributed by atoms with van der Waals surface area (Å²) < 4.78 is 68.2. The lowest BCUT2D eigenvalue weighted by Gasteiger charge is -2.47. The second-order valence-corrected chi connectivity index (χ2v) is 13.8. The van der Waals surface area contributed by atoms with Crippen molar-refractivity contribution in [3.63, 3.8) is 0 Å². The van der Waals surface area contributed by atoms with Crippen LogP contribution in [-0.4, -0.2) is 45.7 Å². The van der Waals surface area contributed by atoms with E-state index in [1.165, 1.54) is 30.3 Å². The van der Waals surface area contributed by atoms with Crippen LogP contribution in [0.4, 0.5) is 0 Å². The summed E-state index contributed by atoms with van der Waals surface area (Å²) in [5.74, 6) is -0.754. The first kappa shape index (κ1) is 24.4. The average Bonchev–Trinajstić information content (AvgIpc) is 3.60. The highest BCUT2D eigenvalue weighted by Gasteiger charge is 2.83. The van der Waals surface area contributed by atoms with E-state index in [2.05, 4.69) is 8.80 Å². The molecule has 1 saturated carbocycles. The van der Waals surface area contributed by atoms with Gasteiger partial charge >= 0.3 is 0 Å². The molecule has 2 aliphatic heterocycles. The van der Waals surface area contributed by atoms with Crippen molar-refractivity contribution in [3.05, 3.63) is 72.3 Å². The zero-order valence-corrected chi connectivity index (χ0v) is 22.2. The molecule has 0 N–H and O–H groups in total. The zero-order valence-electron chi connectivity index (χ0n) is 20.6. The van der Waals surface area contributed by atoms with Gasteiger partial charge in [-0.15, -0.1) is 0 Å². The molecule has 8 nitrogen and oxygen atoms in total. The maximum Gasteiger partial charge on any atom is 0.282 e. The quantitative estimate of drug-likeness (QED) is 0.585. The molecule has 2 bridgehead atoms. The maximum absolute atomic E-state index is 13.6. The average molecular weight is 539 g/mol. The van der Waals surface area contributed by atoms with Crippen LogP contribution < -0.4 is 0 Å². The molecule has 4 aliphatic rings. The third kappa shape index (κ3) is 3.18. The van der Waals surface area contributed by atoms with Gasteiger partial charge in [-0.2, -0.15) is 25.6 Å². The van der Waals surface area contributed by atoms with Gasteiger partial charge in [0, 0.05) is 5.92 Å². The summed E-state index contributed by atoms with van der Waals surface area (Å²) in [5.41, 5.74) is -2.04. The maximum atomic E-state index is 13.6. The summed E-state index contributed by atoms with van der Waals surface area (Å²) in [6, 6.07) is 15.8. The van der Waals surface area contributed by atoms with E-state index in [1.807, 2.05) is 6.92 Å². The zero-order chi connectivity index (χ0) is 26.4. The molecule has 0 radical (unpaired) electrons. The number of sulfonamides is 2. The molecule has 2 aliphatic carbocycles. The number of nitrogens with zero attached hydrogens (tertiary/aromatic N) is 2. The van der Waals surface area contributed by atoms with Crippen molar-refractivity contribution in [1.82, 2.24) is 0 Å². The summed E-state index contributed by atoms with van der Waals surface area (Å²) in [6.07, 6.45) is 1.86. The number of carbonyl (C=O) groups is 1. The standard InChI is InChI=1S/C27H26N2O6S2/c1-17-16-20(28-36(31,32)18-10-6-4-7-11-18)25(2)22(26(3)27(14-15-27)23(30)24(25)35-26)21(17)29-37(33,34)19-12-8-5-9-13-19/h4-13,16,22,24H,14-15H2,1-3H3/b28-20+,29-21-/t22?,24-,25-,26-/m1/s1. The number of fused-ring (bicyclic) bond motifs is 6. The smallest absolute Gasteiger partial charge is 0.282 e. The molecule has 6 rings (SSSR count). The van der Waals surface area contributed by atoms with Crippen molar-refractivity contribution in [1.29, 1.82) is 0 Å². The van der Waals surface area contributed by atoms with E-state index in [0.717, 1.165) is 0 Å². The van der Waals surface area contributed by atoms with Gasteiger partial charge in [0.1, 0.15) is 6.10 Å².